The zero-order valence-electron chi connectivity index (χ0n) is 8.04. The van der Waals surface area contributed by atoms with Crippen LogP contribution in [0.25, 0.3) is 0 Å². The average Bonchev–Trinajstić information content (AvgIpc) is 2.14. The number of aryl methyl sites for hydroxylation is 1. The zero-order valence-corrected chi connectivity index (χ0v) is 8.04. The van der Waals surface area contributed by atoms with Crippen LogP contribution < -0.4 is 5.32 Å². The summed E-state index contributed by atoms with van der Waals surface area (Å²) < 4.78 is 0. The van der Waals surface area contributed by atoms with E-state index < -0.39 is 0 Å². The molecule has 0 aliphatic carbocycles. The summed E-state index contributed by atoms with van der Waals surface area (Å²) in [5.41, 5.74) is 2.06. The van der Waals surface area contributed by atoms with Crippen molar-refractivity contribution >= 4 is 0 Å². The van der Waals surface area contributed by atoms with E-state index >= 15 is 0 Å². The zero-order chi connectivity index (χ0) is 9.68. The molecule has 2 nitrogen and oxygen atoms in total. The highest BCUT2D eigenvalue weighted by Gasteiger charge is 1.97. The maximum absolute atomic E-state index is 5.23. The Balaban J connectivity index is 2.51. The van der Waals surface area contributed by atoms with Gasteiger partial charge >= 0.3 is 0 Å². The van der Waals surface area contributed by atoms with Crippen LogP contribution in [0.15, 0.2) is 18.2 Å². The van der Waals surface area contributed by atoms with Gasteiger partial charge in [-0.05, 0) is 26.0 Å². The molecule has 2 heteroatoms. The van der Waals surface area contributed by atoms with Crippen LogP contribution in [0.5, 0.6) is 0 Å². The quantitative estimate of drug-likeness (QED) is 0.702. The van der Waals surface area contributed by atoms with E-state index in [2.05, 4.69) is 16.2 Å². The van der Waals surface area contributed by atoms with Crippen LogP contribution in [0.1, 0.15) is 18.3 Å². The number of rotatable bonds is 3. The lowest BCUT2D eigenvalue weighted by atomic mass is 10.3. The maximum Gasteiger partial charge on any atom is 0.0661 e. The van der Waals surface area contributed by atoms with Crippen molar-refractivity contribution in [1.82, 2.24) is 10.3 Å². The molecule has 0 fully saturated rings. The van der Waals surface area contributed by atoms with Crippen molar-refractivity contribution in [3.63, 3.8) is 0 Å². The van der Waals surface area contributed by atoms with Crippen molar-refractivity contribution < 1.29 is 0 Å². The first kappa shape index (κ1) is 9.76. The molecule has 0 aromatic carbocycles. The van der Waals surface area contributed by atoms with Gasteiger partial charge in [0.05, 0.1) is 11.7 Å². The average molecular weight is 174 g/mol. The summed E-state index contributed by atoms with van der Waals surface area (Å²) >= 11 is 0. The van der Waals surface area contributed by atoms with Gasteiger partial charge in [0.2, 0.25) is 0 Å². The Labute approximate surface area is 79.4 Å². The van der Waals surface area contributed by atoms with Gasteiger partial charge in [-0.25, -0.2) is 0 Å². The Morgan fingerprint density at radius 1 is 1.62 bits per heavy atom. The molecule has 1 N–H and O–H groups in total. The molecule has 0 aliphatic heterocycles. The minimum Gasteiger partial charge on any atom is -0.298 e. The summed E-state index contributed by atoms with van der Waals surface area (Å²) in [4.78, 5) is 4.35. The summed E-state index contributed by atoms with van der Waals surface area (Å²) in [7, 11) is 0. The van der Waals surface area contributed by atoms with Gasteiger partial charge in [0.15, 0.2) is 0 Å². The Hall–Kier alpha value is -1.33. The molecule has 0 spiro atoms. The topological polar surface area (TPSA) is 24.9 Å². The number of aromatic nitrogens is 1. The van der Waals surface area contributed by atoms with E-state index in [1.807, 2.05) is 32.0 Å². The van der Waals surface area contributed by atoms with Crippen molar-refractivity contribution in [3.8, 4) is 12.3 Å². The molecular weight excluding hydrogens is 160 g/mol. The summed E-state index contributed by atoms with van der Waals surface area (Å²) in [6.45, 7) is 4.66. The third kappa shape index (κ3) is 3.27. The number of hydrogen-bond donors (Lipinski definition) is 1. The molecule has 0 saturated carbocycles. The van der Waals surface area contributed by atoms with E-state index in [0.29, 0.717) is 0 Å². The van der Waals surface area contributed by atoms with Crippen molar-refractivity contribution in [3.05, 3.63) is 29.6 Å². The van der Waals surface area contributed by atoms with Crippen molar-refractivity contribution in [2.24, 2.45) is 0 Å². The number of nitrogens with zero attached hydrogens (tertiary/aromatic N) is 1. The lowest BCUT2D eigenvalue weighted by molar-refractivity contribution is 0.636. The van der Waals surface area contributed by atoms with E-state index in [-0.39, 0.29) is 6.04 Å². The van der Waals surface area contributed by atoms with Gasteiger partial charge in [-0.2, -0.15) is 0 Å². The first-order valence-corrected chi connectivity index (χ1v) is 4.34. The SMILES string of the molecule is C#CC(C)NCc1cccc(C)n1. The number of terminal acetylenes is 1. The molecule has 1 aromatic heterocycles. The number of nitrogens with one attached hydrogen (secondary N) is 1. The standard InChI is InChI=1S/C11H14N2/c1-4-9(2)12-8-11-7-5-6-10(3)13-11/h1,5-7,9,12H,8H2,2-3H3. The smallest absolute Gasteiger partial charge is 0.0661 e. The predicted octanol–water partition coefficient (Wildman–Crippen LogP) is 1.50. The molecule has 1 rings (SSSR count). The van der Waals surface area contributed by atoms with Crippen LogP contribution in [0, 0.1) is 19.3 Å². The molecule has 1 aromatic rings. The first-order valence-electron chi connectivity index (χ1n) is 4.34. The van der Waals surface area contributed by atoms with E-state index in [9.17, 15) is 0 Å². The fraction of sp³-hybridized carbons (Fsp3) is 0.364. The molecule has 0 amide bonds. The van der Waals surface area contributed by atoms with Crippen molar-refractivity contribution in [1.29, 1.82) is 0 Å². The minimum atomic E-state index is 0.0994. The summed E-state index contributed by atoms with van der Waals surface area (Å²) in [5.74, 6) is 2.61. The van der Waals surface area contributed by atoms with Gasteiger partial charge in [-0.1, -0.05) is 12.0 Å². The van der Waals surface area contributed by atoms with Crippen LogP contribution in [0.2, 0.25) is 0 Å². The monoisotopic (exact) mass is 174 g/mol. The van der Waals surface area contributed by atoms with Crippen LogP contribution >= 0.6 is 0 Å². The van der Waals surface area contributed by atoms with E-state index in [0.717, 1.165) is 17.9 Å². The number of pyridine rings is 1. The third-order valence-corrected chi connectivity index (χ3v) is 1.79. The summed E-state index contributed by atoms with van der Waals surface area (Å²) in [6.07, 6.45) is 5.23. The van der Waals surface area contributed by atoms with Gasteiger partial charge in [0, 0.05) is 12.2 Å². The highest BCUT2D eigenvalue weighted by Crippen LogP contribution is 1.97. The molecule has 1 atom stereocenters. The molecule has 1 unspecified atom stereocenters. The van der Waals surface area contributed by atoms with E-state index in [1.165, 1.54) is 0 Å². The molecule has 0 aliphatic rings. The van der Waals surface area contributed by atoms with Crippen LogP contribution in [-0.4, -0.2) is 11.0 Å². The Kier molecular flexibility index (Phi) is 3.48. The molecule has 1 heterocycles. The molecular formula is C11H14N2. The van der Waals surface area contributed by atoms with E-state index in [4.69, 9.17) is 6.42 Å². The third-order valence-electron chi connectivity index (χ3n) is 1.79. The molecule has 0 radical (unpaired) electrons. The fourth-order valence-corrected chi connectivity index (χ4v) is 1.01. The van der Waals surface area contributed by atoms with Gasteiger partial charge in [-0.15, -0.1) is 6.42 Å². The van der Waals surface area contributed by atoms with E-state index in [1.54, 1.807) is 0 Å². The molecule has 0 bridgehead atoms. The lowest BCUT2D eigenvalue weighted by Crippen LogP contribution is -2.24. The normalized spacial score (nSPS) is 12.1. The second-order valence-electron chi connectivity index (χ2n) is 3.04. The fourth-order valence-electron chi connectivity index (χ4n) is 1.01. The van der Waals surface area contributed by atoms with Gasteiger partial charge in [0.1, 0.15) is 0 Å². The van der Waals surface area contributed by atoms with Gasteiger partial charge in [-0.3, -0.25) is 10.3 Å². The second kappa shape index (κ2) is 4.64. The summed E-state index contributed by atoms with van der Waals surface area (Å²) in [6, 6.07) is 6.07. The Morgan fingerprint density at radius 2 is 2.38 bits per heavy atom. The number of hydrogen-bond acceptors (Lipinski definition) is 2. The Bertz CT molecular complexity index is 312. The van der Waals surface area contributed by atoms with Crippen molar-refractivity contribution in [2.75, 3.05) is 0 Å². The second-order valence-corrected chi connectivity index (χ2v) is 3.04. The first-order chi connectivity index (χ1) is 6.22. The molecule has 68 valence electrons. The highest BCUT2D eigenvalue weighted by atomic mass is 14.9. The van der Waals surface area contributed by atoms with Gasteiger partial charge < -0.3 is 0 Å². The van der Waals surface area contributed by atoms with Crippen LogP contribution in [0.4, 0.5) is 0 Å². The highest BCUT2D eigenvalue weighted by molar-refractivity contribution is 5.10. The summed E-state index contributed by atoms with van der Waals surface area (Å²) in [5, 5.41) is 3.18. The van der Waals surface area contributed by atoms with Crippen LogP contribution in [-0.2, 0) is 6.54 Å². The lowest BCUT2D eigenvalue weighted by Gasteiger charge is -2.06. The maximum atomic E-state index is 5.23. The van der Waals surface area contributed by atoms with Gasteiger partial charge in [0.25, 0.3) is 0 Å². The van der Waals surface area contributed by atoms with Crippen molar-refractivity contribution in [2.45, 2.75) is 26.4 Å². The predicted molar refractivity (Wildman–Crippen MR) is 54.1 cm³/mol. The molecule has 13 heavy (non-hydrogen) atoms. The minimum absolute atomic E-state index is 0.0994. The van der Waals surface area contributed by atoms with Crippen LogP contribution in [0.3, 0.4) is 0 Å². The Morgan fingerprint density at radius 3 is 3.00 bits per heavy atom. The largest absolute Gasteiger partial charge is 0.298 e. The molecule has 0 saturated heterocycles.